The molecule has 2 rings (SSSR count). The largest absolute Gasteiger partial charge is 0.381 e. The van der Waals surface area contributed by atoms with Gasteiger partial charge in [-0.3, -0.25) is 4.79 Å². The van der Waals surface area contributed by atoms with Crippen LogP contribution in [-0.4, -0.2) is 50.2 Å². The van der Waals surface area contributed by atoms with E-state index in [1.54, 1.807) is 0 Å². The molecule has 2 atom stereocenters. The molecule has 0 aromatic carbocycles. The summed E-state index contributed by atoms with van der Waals surface area (Å²) in [6.07, 6.45) is 4.52. The summed E-state index contributed by atoms with van der Waals surface area (Å²) in [5, 5.41) is 3.33. The predicted octanol–water partition coefficient (Wildman–Crippen LogP) is 1.68. The summed E-state index contributed by atoms with van der Waals surface area (Å²) in [4.78, 5) is 14.5. The third-order valence-electron chi connectivity index (χ3n) is 4.03. The number of carbonyl (C=O) groups is 1. The molecular formula is C14H27ClN2O2. The number of hydrogen-bond acceptors (Lipinski definition) is 3. The highest BCUT2D eigenvalue weighted by Gasteiger charge is 2.29. The minimum Gasteiger partial charge on any atom is -0.381 e. The molecule has 0 aliphatic carbocycles. The van der Waals surface area contributed by atoms with Crippen molar-refractivity contribution in [3.05, 3.63) is 0 Å². The first-order valence-corrected chi connectivity index (χ1v) is 7.38. The van der Waals surface area contributed by atoms with Gasteiger partial charge < -0.3 is 15.0 Å². The Kier molecular flexibility index (Phi) is 7.73. The highest BCUT2D eigenvalue weighted by atomic mass is 35.5. The topological polar surface area (TPSA) is 41.6 Å². The molecule has 2 aliphatic heterocycles. The van der Waals surface area contributed by atoms with Gasteiger partial charge in [-0.05, 0) is 45.1 Å². The van der Waals surface area contributed by atoms with Crippen LogP contribution in [0.3, 0.4) is 0 Å². The molecule has 2 unspecified atom stereocenters. The molecule has 112 valence electrons. The van der Waals surface area contributed by atoms with E-state index >= 15 is 0 Å². The number of likely N-dealkylation sites (tertiary alicyclic amines) is 1. The third-order valence-corrected chi connectivity index (χ3v) is 4.03. The Bertz CT molecular complexity index is 270. The Morgan fingerprint density at radius 1 is 1.37 bits per heavy atom. The minimum atomic E-state index is 0. The molecule has 2 aliphatic rings. The Morgan fingerprint density at radius 3 is 2.89 bits per heavy atom. The van der Waals surface area contributed by atoms with Crippen LogP contribution in [0.2, 0.25) is 0 Å². The zero-order chi connectivity index (χ0) is 12.8. The van der Waals surface area contributed by atoms with Crippen molar-refractivity contribution in [3.63, 3.8) is 0 Å². The van der Waals surface area contributed by atoms with E-state index in [4.69, 9.17) is 4.74 Å². The van der Waals surface area contributed by atoms with Crippen LogP contribution in [0.15, 0.2) is 0 Å². The number of amides is 1. The van der Waals surface area contributed by atoms with Gasteiger partial charge in [0.25, 0.3) is 0 Å². The van der Waals surface area contributed by atoms with E-state index in [0.717, 1.165) is 58.7 Å². The first kappa shape index (κ1) is 16.7. The number of piperidine rings is 2. The molecule has 0 aromatic heterocycles. The van der Waals surface area contributed by atoms with Gasteiger partial charge in [0.2, 0.25) is 5.91 Å². The fourth-order valence-electron chi connectivity index (χ4n) is 3.01. The van der Waals surface area contributed by atoms with E-state index in [9.17, 15) is 4.79 Å². The number of rotatable bonds is 4. The Balaban J connectivity index is 0.00000180. The highest BCUT2D eigenvalue weighted by Crippen LogP contribution is 2.21. The number of nitrogens with zero attached hydrogens (tertiary/aromatic N) is 1. The van der Waals surface area contributed by atoms with Gasteiger partial charge in [-0.2, -0.15) is 0 Å². The third kappa shape index (κ3) is 4.93. The van der Waals surface area contributed by atoms with Gasteiger partial charge in [-0.15, -0.1) is 12.4 Å². The van der Waals surface area contributed by atoms with E-state index in [-0.39, 0.29) is 18.3 Å². The van der Waals surface area contributed by atoms with Gasteiger partial charge in [0.15, 0.2) is 0 Å². The minimum absolute atomic E-state index is 0. The Morgan fingerprint density at radius 2 is 2.21 bits per heavy atom. The van der Waals surface area contributed by atoms with Gasteiger partial charge in [0, 0.05) is 26.2 Å². The van der Waals surface area contributed by atoms with Crippen LogP contribution < -0.4 is 5.32 Å². The van der Waals surface area contributed by atoms with Crippen LogP contribution in [0.1, 0.15) is 32.6 Å². The van der Waals surface area contributed by atoms with Gasteiger partial charge in [0.05, 0.1) is 12.5 Å². The smallest absolute Gasteiger partial charge is 0.226 e. The lowest BCUT2D eigenvalue weighted by atomic mass is 9.94. The number of carbonyl (C=O) groups excluding carboxylic acids is 1. The zero-order valence-electron chi connectivity index (χ0n) is 11.9. The van der Waals surface area contributed by atoms with Crippen LogP contribution in [0.4, 0.5) is 0 Å². The maximum absolute atomic E-state index is 12.4. The maximum Gasteiger partial charge on any atom is 0.226 e. The van der Waals surface area contributed by atoms with E-state index in [1.165, 1.54) is 6.42 Å². The average molecular weight is 291 g/mol. The summed E-state index contributed by atoms with van der Waals surface area (Å²) in [5.41, 5.74) is 0. The van der Waals surface area contributed by atoms with Gasteiger partial charge >= 0.3 is 0 Å². The Hall–Kier alpha value is -0.320. The summed E-state index contributed by atoms with van der Waals surface area (Å²) in [6, 6.07) is 0. The molecule has 0 spiro atoms. The molecule has 0 saturated carbocycles. The van der Waals surface area contributed by atoms with Crippen molar-refractivity contribution in [1.82, 2.24) is 10.2 Å². The van der Waals surface area contributed by atoms with Crippen LogP contribution in [0, 0.1) is 11.8 Å². The molecule has 2 saturated heterocycles. The van der Waals surface area contributed by atoms with E-state index < -0.39 is 0 Å². The van der Waals surface area contributed by atoms with Gasteiger partial charge in [-0.1, -0.05) is 0 Å². The SMILES string of the molecule is CCOCC1CCCN(C(=O)C2CCCNC2)C1.Cl. The molecule has 19 heavy (non-hydrogen) atoms. The van der Waals surface area contributed by atoms with E-state index in [2.05, 4.69) is 10.2 Å². The number of hydrogen-bond donors (Lipinski definition) is 1. The van der Waals surface area contributed by atoms with E-state index in [0.29, 0.717) is 11.8 Å². The molecule has 2 fully saturated rings. The van der Waals surface area contributed by atoms with Crippen molar-refractivity contribution in [2.24, 2.45) is 11.8 Å². The van der Waals surface area contributed by atoms with Crippen molar-refractivity contribution in [2.45, 2.75) is 32.6 Å². The maximum atomic E-state index is 12.4. The first-order valence-electron chi connectivity index (χ1n) is 7.38. The number of nitrogens with one attached hydrogen (secondary N) is 1. The second kappa shape index (κ2) is 8.77. The molecule has 0 bridgehead atoms. The molecule has 1 amide bonds. The number of ether oxygens (including phenoxy) is 1. The lowest BCUT2D eigenvalue weighted by molar-refractivity contribution is -0.138. The second-order valence-electron chi connectivity index (χ2n) is 5.50. The van der Waals surface area contributed by atoms with Crippen molar-refractivity contribution in [1.29, 1.82) is 0 Å². The second-order valence-corrected chi connectivity index (χ2v) is 5.50. The molecule has 0 aromatic rings. The molecule has 0 radical (unpaired) electrons. The number of halogens is 1. The van der Waals surface area contributed by atoms with Crippen molar-refractivity contribution < 1.29 is 9.53 Å². The van der Waals surface area contributed by atoms with Crippen LogP contribution in [-0.2, 0) is 9.53 Å². The standard InChI is InChI=1S/C14H26N2O2.ClH/c1-2-18-11-12-5-4-8-16(10-12)14(17)13-6-3-7-15-9-13;/h12-13,15H,2-11H2,1H3;1H. The lowest BCUT2D eigenvalue weighted by Crippen LogP contribution is -2.47. The summed E-state index contributed by atoms with van der Waals surface area (Å²) in [5.74, 6) is 1.12. The molecule has 2 heterocycles. The summed E-state index contributed by atoms with van der Waals surface area (Å²) < 4.78 is 5.50. The monoisotopic (exact) mass is 290 g/mol. The first-order chi connectivity index (χ1) is 8.81. The Labute approximate surface area is 122 Å². The fourth-order valence-corrected chi connectivity index (χ4v) is 3.01. The van der Waals surface area contributed by atoms with Crippen LogP contribution in [0.5, 0.6) is 0 Å². The van der Waals surface area contributed by atoms with Gasteiger partial charge in [0.1, 0.15) is 0 Å². The van der Waals surface area contributed by atoms with Crippen molar-refractivity contribution >= 4 is 18.3 Å². The quantitative estimate of drug-likeness (QED) is 0.857. The molecule has 5 heteroatoms. The zero-order valence-corrected chi connectivity index (χ0v) is 12.7. The summed E-state index contributed by atoms with van der Waals surface area (Å²) in [7, 11) is 0. The average Bonchev–Trinajstić information content (AvgIpc) is 2.45. The molecular weight excluding hydrogens is 264 g/mol. The van der Waals surface area contributed by atoms with Crippen molar-refractivity contribution in [2.75, 3.05) is 39.4 Å². The fraction of sp³-hybridized carbons (Fsp3) is 0.929. The molecule has 1 N–H and O–H groups in total. The van der Waals surface area contributed by atoms with Gasteiger partial charge in [-0.25, -0.2) is 0 Å². The van der Waals surface area contributed by atoms with Crippen LogP contribution in [0.25, 0.3) is 0 Å². The highest BCUT2D eigenvalue weighted by molar-refractivity contribution is 5.85. The molecule has 4 nitrogen and oxygen atoms in total. The van der Waals surface area contributed by atoms with Crippen LogP contribution >= 0.6 is 12.4 Å². The summed E-state index contributed by atoms with van der Waals surface area (Å²) >= 11 is 0. The normalized spacial score (nSPS) is 27.7. The summed E-state index contributed by atoms with van der Waals surface area (Å²) in [6.45, 7) is 7.38. The predicted molar refractivity (Wildman–Crippen MR) is 78.6 cm³/mol. The van der Waals surface area contributed by atoms with E-state index in [1.807, 2.05) is 6.92 Å². The lowest BCUT2D eigenvalue weighted by Gasteiger charge is -2.35. The van der Waals surface area contributed by atoms with Crippen molar-refractivity contribution in [3.8, 4) is 0 Å².